The molecular weight excluding hydrogens is 588 g/mol. The van der Waals surface area contributed by atoms with E-state index in [0.29, 0.717) is 0 Å². The second kappa shape index (κ2) is 11.0. The summed E-state index contributed by atoms with van der Waals surface area (Å²) < 4.78 is 19.5. The molecule has 0 fully saturated rings. The SMILES string of the molecule is CC1(C)Oc2cc(-c3cccc4c3oc3ccccc34)ccc2-c2cc(-c3cc(-c4ccccc4)cc(-c4ccccc4)c3)ccc2O1. The first-order chi connectivity index (χ1) is 23.5. The van der Waals surface area contributed by atoms with E-state index in [2.05, 4.69) is 140 Å². The van der Waals surface area contributed by atoms with E-state index in [9.17, 15) is 0 Å². The number of para-hydroxylation sites is 2. The van der Waals surface area contributed by atoms with Crippen LogP contribution in [0.1, 0.15) is 13.8 Å². The second-order valence-electron chi connectivity index (χ2n) is 12.8. The maximum absolute atomic E-state index is 6.61. The third-order valence-corrected chi connectivity index (χ3v) is 9.16. The summed E-state index contributed by atoms with van der Waals surface area (Å²) in [4.78, 5) is 0. The van der Waals surface area contributed by atoms with Crippen LogP contribution in [0.3, 0.4) is 0 Å². The topological polar surface area (TPSA) is 31.6 Å². The van der Waals surface area contributed by atoms with Crippen LogP contribution >= 0.6 is 0 Å². The van der Waals surface area contributed by atoms with Crippen LogP contribution in [0.2, 0.25) is 0 Å². The monoisotopic (exact) mass is 620 g/mol. The number of hydrogen-bond donors (Lipinski definition) is 0. The first kappa shape index (κ1) is 28.2. The molecule has 7 aromatic carbocycles. The molecule has 3 heteroatoms. The minimum absolute atomic E-state index is 0.768. The lowest BCUT2D eigenvalue weighted by Gasteiger charge is -2.25. The summed E-state index contributed by atoms with van der Waals surface area (Å²) in [6, 6.07) is 55.3. The molecule has 0 spiro atoms. The molecule has 3 nitrogen and oxygen atoms in total. The predicted octanol–water partition coefficient (Wildman–Crippen LogP) is 12.4. The van der Waals surface area contributed by atoms with Gasteiger partial charge in [0.1, 0.15) is 22.7 Å². The van der Waals surface area contributed by atoms with Crippen LogP contribution in [0.25, 0.3) is 77.6 Å². The molecule has 48 heavy (non-hydrogen) atoms. The Bertz CT molecular complexity index is 2410. The van der Waals surface area contributed by atoms with Crippen molar-refractivity contribution in [3.05, 3.63) is 158 Å². The zero-order valence-electron chi connectivity index (χ0n) is 26.7. The Hall–Kier alpha value is -6.06. The van der Waals surface area contributed by atoms with Gasteiger partial charge in [0.05, 0.1) is 0 Å². The molecule has 2 heterocycles. The van der Waals surface area contributed by atoms with Gasteiger partial charge in [-0.3, -0.25) is 0 Å². The summed E-state index contributed by atoms with van der Waals surface area (Å²) in [5.74, 6) is 0.681. The van der Waals surface area contributed by atoms with Gasteiger partial charge >= 0.3 is 0 Å². The van der Waals surface area contributed by atoms with Crippen LogP contribution in [0.5, 0.6) is 11.5 Å². The van der Waals surface area contributed by atoms with E-state index >= 15 is 0 Å². The molecule has 0 aliphatic carbocycles. The lowest BCUT2D eigenvalue weighted by Crippen LogP contribution is -2.34. The highest BCUT2D eigenvalue weighted by atomic mass is 16.7. The maximum atomic E-state index is 6.61. The average Bonchev–Trinajstić information content (AvgIpc) is 3.46. The third-order valence-electron chi connectivity index (χ3n) is 9.16. The Balaban J connectivity index is 1.19. The predicted molar refractivity (Wildman–Crippen MR) is 196 cm³/mol. The summed E-state index contributed by atoms with van der Waals surface area (Å²) in [5, 5.41) is 2.22. The zero-order valence-corrected chi connectivity index (χ0v) is 26.7. The van der Waals surface area contributed by atoms with Crippen molar-refractivity contribution in [1.29, 1.82) is 0 Å². The van der Waals surface area contributed by atoms with Crippen molar-refractivity contribution >= 4 is 21.9 Å². The van der Waals surface area contributed by atoms with Gasteiger partial charge in [-0.15, -0.1) is 0 Å². The Morgan fingerprint density at radius 1 is 0.375 bits per heavy atom. The molecule has 0 atom stereocenters. The minimum atomic E-state index is -0.876. The van der Waals surface area contributed by atoms with Crippen molar-refractivity contribution in [2.45, 2.75) is 19.6 Å². The molecule has 1 aliphatic heterocycles. The molecule has 0 bridgehead atoms. The number of ether oxygens (including phenoxy) is 2. The van der Waals surface area contributed by atoms with Crippen molar-refractivity contribution in [1.82, 2.24) is 0 Å². The normalized spacial score (nSPS) is 13.3. The van der Waals surface area contributed by atoms with E-state index < -0.39 is 5.79 Å². The zero-order chi connectivity index (χ0) is 32.2. The van der Waals surface area contributed by atoms with E-state index in [4.69, 9.17) is 13.9 Å². The number of furan rings is 1. The Morgan fingerprint density at radius 2 is 0.979 bits per heavy atom. The molecule has 0 saturated carbocycles. The van der Waals surface area contributed by atoms with Crippen LogP contribution < -0.4 is 9.47 Å². The largest absolute Gasteiger partial charge is 0.455 e. The fourth-order valence-electron chi connectivity index (χ4n) is 6.92. The van der Waals surface area contributed by atoms with Crippen LogP contribution in [0.4, 0.5) is 0 Å². The quantitative estimate of drug-likeness (QED) is 0.196. The van der Waals surface area contributed by atoms with Gasteiger partial charge in [0.15, 0.2) is 0 Å². The summed E-state index contributed by atoms with van der Waals surface area (Å²) >= 11 is 0. The van der Waals surface area contributed by atoms with Crippen LogP contribution in [-0.2, 0) is 0 Å². The highest BCUT2D eigenvalue weighted by Crippen LogP contribution is 2.47. The third kappa shape index (κ3) is 4.92. The van der Waals surface area contributed by atoms with E-state index in [1.807, 2.05) is 32.0 Å². The number of benzene rings is 7. The van der Waals surface area contributed by atoms with Crippen molar-refractivity contribution in [2.24, 2.45) is 0 Å². The van der Waals surface area contributed by atoms with E-state index in [1.165, 1.54) is 22.3 Å². The summed E-state index contributed by atoms with van der Waals surface area (Å²) in [6.45, 7) is 3.92. The van der Waals surface area contributed by atoms with Gasteiger partial charge in [0, 0.05) is 41.3 Å². The lowest BCUT2D eigenvalue weighted by molar-refractivity contribution is -0.0778. The van der Waals surface area contributed by atoms with Crippen LogP contribution in [-0.4, -0.2) is 5.79 Å². The molecule has 0 unspecified atom stereocenters. The van der Waals surface area contributed by atoms with Crippen molar-refractivity contribution in [2.75, 3.05) is 0 Å². The van der Waals surface area contributed by atoms with Gasteiger partial charge in [-0.05, 0) is 87.5 Å². The first-order valence-corrected chi connectivity index (χ1v) is 16.3. The van der Waals surface area contributed by atoms with Crippen LogP contribution in [0.15, 0.2) is 162 Å². The standard InChI is InChI=1S/C45H32O3/c1-45(2)47-42-23-21-31(35-25-33(29-12-5-3-6-13-29)24-34(26-35)30-14-7-4-8-15-30)27-40(42)38-22-20-32(28-43(38)48-45)36-17-11-18-39-37-16-9-10-19-41(37)46-44(36)39/h3-28H,1-2H3. The molecule has 8 aromatic rings. The summed E-state index contributed by atoms with van der Waals surface area (Å²) in [7, 11) is 0. The second-order valence-corrected chi connectivity index (χ2v) is 12.8. The van der Waals surface area contributed by atoms with Crippen molar-refractivity contribution in [3.8, 4) is 67.1 Å². The molecule has 0 saturated heterocycles. The van der Waals surface area contributed by atoms with Gasteiger partial charge in [-0.1, -0.05) is 109 Å². The minimum Gasteiger partial charge on any atom is -0.455 e. The smallest absolute Gasteiger partial charge is 0.245 e. The number of hydrogen-bond acceptors (Lipinski definition) is 3. The Morgan fingerprint density at radius 3 is 1.71 bits per heavy atom. The van der Waals surface area contributed by atoms with Gasteiger partial charge in [0.25, 0.3) is 0 Å². The Labute approximate surface area is 279 Å². The molecular formula is C45H32O3. The summed E-state index contributed by atoms with van der Waals surface area (Å²) in [5.41, 5.74) is 12.7. The molecule has 230 valence electrons. The van der Waals surface area contributed by atoms with Crippen LogP contribution in [0, 0.1) is 0 Å². The molecule has 9 rings (SSSR count). The molecule has 0 radical (unpaired) electrons. The molecule has 1 aromatic heterocycles. The van der Waals surface area contributed by atoms with Gasteiger partial charge in [-0.25, -0.2) is 0 Å². The van der Waals surface area contributed by atoms with E-state index in [0.717, 1.165) is 66.8 Å². The highest BCUT2D eigenvalue weighted by molar-refractivity contribution is 6.09. The molecule has 0 N–H and O–H groups in total. The van der Waals surface area contributed by atoms with Crippen molar-refractivity contribution < 1.29 is 13.9 Å². The number of rotatable bonds is 4. The fraction of sp³-hybridized carbons (Fsp3) is 0.0667. The average molecular weight is 621 g/mol. The highest BCUT2D eigenvalue weighted by Gasteiger charge is 2.30. The molecule has 1 aliphatic rings. The molecule has 0 amide bonds. The van der Waals surface area contributed by atoms with Gasteiger partial charge < -0.3 is 13.9 Å². The first-order valence-electron chi connectivity index (χ1n) is 16.3. The Kier molecular flexibility index (Phi) is 6.48. The van der Waals surface area contributed by atoms with E-state index in [1.54, 1.807) is 0 Å². The summed E-state index contributed by atoms with van der Waals surface area (Å²) in [6.07, 6.45) is 0. The number of fused-ring (bicyclic) bond motifs is 6. The lowest BCUT2D eigenvalue weighted by atomic mass is 9.91. The van der Waals surface area contributed by atoms with Gasteiger partial charge in [0.2, 0.25) is 5.79 Å². The maximum Gasteiger partial charge on any atom is 0.245 e. The fourth-order valence-corrected chi connectivity index (χ4v) is 6.92. The van der Waals surface area contributed by atoms with Gasteiger partial charge in [-0.2, -0.15) is 0 Å². The van der Waals surface area contributed by atoms with E-state index in [-0.39, 0.29) is 0 Å². The van der Waals surface area contributed by atoms with Crippen molar-refractivity contribution in [3.63, 3.8) is 0 Å².